The van der Waals surface area contributed by atoms with Gasteiger partial charge >= 0.3 is 5.97 Å². The van der Waals surface area contributed by atoms with Crippen LogP contribution in [0.25, 0.3) is 10.8 Å². The van der Waals surface area contributed by atoms with E-state index in [4.69, 9.17) is 15.2 Å². The van der Waals surface area contributed by atoms with Crippen molar-refractivity contribution >= 4 is 22.4 Å². The van der Waals surface area contributed by atoms with Crippen LogP contribution in [0.1, 0.15) is 24.0 Å². The normalized spacial score (nSPS) is 15.6. The average molecular weight is 390 g/mol. The topological polar surface area (TPSA) is 105 Å². The molecule has 0 aromatic heterocycles. The number of nitro groups is 1. The van der Waals surface area contributed by atoms with Gasteiger partial charge in [-0.3, -0.25) is 10.1 Å². The number of carbonyl (C=O) groups excluding carboxylic acids is 1. The average Bonchev–Trinajstić information content (AvgIpc) is 2.73. The van der Waals surface area contributed by atoms with Gasteiger partial charge in [0.2, 0.25) is 5.88 Å². The van der Waals surface area contributed by atoms with Crippen LogP contribution in [0, 0.1) is 10.1 Å². The smallest absolute Gasteiger partial charge is 0.340 e. The highest BCUT2D eigenvalue weighted by atomic mass is 16.6. The fourth-order valence-electron chi connectivity index (χ4n) is 3.66. The minimum Gasteiger partial charge on any atom is -0.462 e. The van der Waals surface area contributed by atoms with E-state index in [1.54, 1.807) is 19.1 Å². The van der Waals surface area contributed by atoms with Crippen molar-refractivity contribution in [3.05, 3.63) is 93.4 Å². The first-order valence-electron chi connectivity index (χ1n) is 9.12. The van der Waals surface area contributed by atoms with E-state index in [1.807, 2.05) is 36.4 Å². The van der Waals surface area contributed by atoms with Gasteiger partial charge in [-0.25, -0.2) is 4.79 Å². The monoisotopic (exact) mass is 390 g/mol. The predicted molar refractivity (Wildman–Crippen MR) is 107 cm³/mol. The molecule has 0 bridgehead atoms. The van der Waals surface area contributed by atoms with Crippen LogP contribution in [0.15, 0.2) is 72.1 Å². The van der Waals surface area contributed by atoms with Gasteiger partial charge in [0.25, 0.3) is 5.69 Å². The Balaban J connectivity index is 1.98. The van der Waals surface area contributed by atoms with E-state index >= 15 is 0 Å². The Labute approximate surface area is 166 Å². The lowest BCUT2D eigenvalue weighted by Crippen LogP contribution is -2.27. The van der Waals surface area contributed by atoms with E-state index in [0.717, 1.165) is 10.8 Å². The second-order valence-corrected chi connectivity index (χ2v) is 6.59. The summed E-state index contributed by atoms with van der Waals surface area (Å²) in [5.41, 5.74) is 7.48. The van der Waals surface area contributed by atoms with Gasteiger partial charge in [0.05, 0.1) is 17.4 Å². The van der Waals surface area contributed by atoms with Crippen LogP contribution in [0.4, 0.5) is 5.69 Å². The Kier molecular flexibility index (Phi) is 4.64. The lowest BCUT2D eigenvalue weighted by atomic mass is 9.82. The van der Waals surface area contributed by atoms with Gasteiger partial charge in [0.15, 0.2) is 0 Å². The van der Waals surface area contributed by atoms with Crippen molar-refractivity contribution in [2.45, 2.75) is 12.8 Å². The Hall–Kier alpha value is -3.87. The molecule has 1 heterocycles. The van der Waals surface area contributed by atoms with Crippen LogP contribution in [0.5, 0.6) is 5.75 Å². The van der Waals surface area contributed by atoms with Crippen LogP contribution < -0.4 is 10.5 Å². The molecule has 29 heavy (non-hydrogen) atoms. The highest BCUT2D eigenvalue weighted by Gasteiger charge is 2.36. The summed E-state index contributed by atoms with van der Waals surface area (Å²) in [5, 5.41) is 13.1. The van der Waals surface area contributed by atoms with E-state index in [0.29, 0.717) is 16.9 Å². The molecule has 0 aliphatic carbocycles. The van der Waals surface area contributed by atoms with E-state index in [-0.39, 0.29) is 23.8 Å². The van der Waals surface area contributed by atoms with Crippen LogP contribution in [-0.2, 0) is 9.53 Å². The van der Waals surface area contributed by atoms with Crippen molar-refractivity contribution in [1.29, 1.82) is 0 Å². The number of non-ortho nitro benzene ring substituents is 1. The maximum absolute atomic E-state index is 12.7. The molecule has 146 valence electrons. The highest BCUT2D eigenvalue weighted by Crippen LogP contribution is 2.46. The summed E-state index contributed by atoms with van der Waals surface area (Å²) >= 11 is 0. The third kappa shape index (κ3) is 3.16. The van der Waals surface area contributed by atoms with E-state index in [9.17, 15) is 14.9 Å². The zero-order chi connectivity index (χ0) is 20.5. The van der Waals surface area contributed by atoms with Gasteiger partial charge in [-0.15, -0.1) is 0 Å². The summed E-state index contributed by atoms with van der Waals surface area (Å²) in [6.07, 6.45) is 0. The summed E-state index contributed by atoms with van der Waals surface area (Å²) in [5.74, 6) is -0.795. The number of hydrogen-bond donors (Lipinski definition) is 1. The molecule has 0 saturated heterocycles. The number of carbonyl (C=O) groups is 1. The summed E-state index contributed by atoms with van der Waals surface area (Å²) < 4.78 is 11.1. The summed E-state index contributed by atoms with van der Waals surface area (Å²) in [4.78, 5) is 23.5. The number of hydrogen-bond acceptors (Lipinski definition) is 6. The Morgan fingerprint density at radius 1 is 1.17 bits per heavy atom. The number of rotatable bonds is 4. The lowest BCUT2D eigenvalue weighted by Gasteiger charge is -2.29. The van der Waals surface area contributed by atoms with Crippen molar-refractivity contribution in [3.63, 3.8) is 0 Å². The maximum atomic E-state index is 12.7. The summed E-state index contributed by atoms with van der Waals surface area (Å²) in [7, 11) is 0. The number of nitrogens with zero attached hydrogens (tertiary/aromatic N) is 1. The van der Waals surface area contributed by atoms with Gasteiger partial charge in [-0.05, 0) is 17.9 Å². The second kappa shape index (κ2) is 7.27. The number of nitrogens with two attached hydrogens (primary N) is 1. The van der Waals surface area contributed by atoms with Gasteiger partial charge < -0.3 is 15.2 Å². The van der Waals surface area contributed by atoms with Crippen molar-refractivity contribution in [2.75, 3.05) is 6.61 Å². The van der Waals surface area contributed by atoms with Gasteiger partial charge in [0.1, 0.15) is 11.3 Å². The van der Waals surface area contributed by atoms with Gasteiger partial charge in [-0.2, -0.15) is 0 Å². The first-order valence-corrected chi connectivity index (χ1v) is 9.12. The molecule has 7 heteroatoms. The van der Waals surface area contributed by atoms with Gasteiger partial charge in [-0.1, -0.05) is 48.5 Å². The largest absolute Gasteiger partial charge is 0.462 e. The molecule has 7 nitrogen and oxygen atoms in total. The molecule has 2 N–H and O–H groups in total. The summed E-state index contributed by atoms with van der Waals surface area (Å²) in [6, 6.07) is 17.6. The molecule has 0 radical (unpaired) electrons. The standard InChI is InChI=1S/C22H18N2O5/c1-2-28-22(25)19-18(14-7-5-8-15(12-14)24(26)27)17-11-10-13-6-3-4-9-16(13)20(17)29-21(19)23/h3-12,18H,2,23H2,1H3. The van der Waals surface area contributed by atoms with Crippen molar-refractivity contribution in [2.24, 2.45) is 5.73 Å². The molecule has 3 aromatic carbocycles. The molecule has 0 amide bonds. The van der Waals surface area contributed by atoms with Crippen molar-refractivity contribution in [1.82, 2.24) is 0 Å². The fraction of sp³-hybridized carbons (Fsp3) is 0.136. The fourth-order valence-corrected chi connectivity index (χ4v) is 3.66. The van der Waals surface area contributed by atoms with Gasteiger partial charge in [0, 0.05) is 23.1 Å². The maximum Gasteiger partial charge on any atom is 0.340 e. The number of ether oxygens (including phenoxy) is 2. The van der Waals surface area contributed by atoms with Crippen molar-refractivity contribution < 1.29 is 19.2 Å². The van der Waals surface area contributed by atoms with Crippen LogP contribution in [0.2, 0.25) is 0 Å². The minimum absolute atomic E-state index is 0.0659. The molecule has 1 atom stereocenters. The number of fused-ring (bicyclic) bond motifs is 3. The van der Waals surface area contributed by atoms with Crippen LogP contribution in [0.3, 0.4) is 0 Å². The molecule has 0 saturated carbocycles. The SMILES string of the molecule is CCOC(=O)C1=C(N)Oc2c(ccc3ccccc23)C1c1cccc([N+](=O)[O-])c1. The van der Waals surface area contributed by atoms with E-state index in [2.05, 4.69) is 0 Å². The predicted octanol–water partition coefficient (Wildman–Crippen LogP) is 4.01. The highest BCUT2D eigenvalue weighted by molar-refractivity contribution is 5.96. The quantitative estimate of drug-likeness (QED) is 0.410. The Morgan fingerprint density at radius 2 is 1.97 bits per heavy atom. The molecular weight excluding hydrogens is 372 g/mol. The molecular formula is C22H18N2O5. The van der Waals surface area contributed by atoms with E-state index in [1.165, 1.54) is 12.1 Å². The first-order chi connectivity index (χ1) is 14.0. The molecule has 3 aromatic rings. The third-order valence-corrected chi connectivity index (χ3v) is 4.90. The Bertz CT molecular complexity index is 1170. The number of benzene rings is 3. The van der Waals surface area contributed by atoms with Crippen molar-refractivity contribution in [3.8, 4) is 5.75 Å². The Morgan fingerprint density at radius 3 is 2.72 bits per heavy atom. The third-order valence-electron chi connectivity index (χ3n) is 4.90. The summed E-state index contributed by atoms with van der Waals surface area (Å²) in [6.45, 7) is 1.87. The van der Waals surface area contributed by atoms with Crippen LogP contribution >= 0.6 is 0 Å². The molecule has 4 rings (SSSR count). The molecule has 1 aliphatic heterocycles. The molecule has 1 unspecified atom stereocenters. The zero-order valence-electron chi connectivity index (χ0n) is 15.6. The lowest BCUT2D eigenvalue weighted by molar-refractivity contribution is -0.384. The molecule has 0 fully saturated rings. The van der Waals surface area contributed by atoms with E-state index < -0.39 is 16.8 Å². The number of esters is 1. The molecule has 1 aliphatic rings. The second-order valence-electron chi connectivity index (χ2n) is 6.59. The van der Waals surface area contributed by atoms with Crippen LogP contribution in [-0.4, -0.2) is 17.5 Å². The minimum atomic E-state index is -0.651. The molecule has 0 spiro atoms. The number of nitro benzene ring substituents is 1. The first kappa shape index (κ1) is 18.5. The zero-order valence-corrected chi connectivity index (χ0v) is 15.6.